The van der Waals surface area contributed by atoms with Crippen molar-refractivity contribution in [3.63, 3.8) is 0 Å². The standard InChI is InChI=1S/C30H46FN5O4.C26H38FN5O4.C25H42FN3O3.C5H5ClN2O/c1-30(2,3)40-28(37)26(34-27-15-17-32-29(35-27)39-5)16-19-36(20-23(31)21-38-4)18-9-8-11-24-14-13-22-10-6-7-12-25(22)33-24;1-35-18-20(27)17-32(15-6-5-8-21-11-10-19-7-3-4-9-22(19)29-21)16-13-23(25(33)34)30-24-12-14-28-26(31-24)36-2;1-25(2,3)32-24(30)22(27)14-16-29(17-20(26)18-31-4)15-8-7-10-21-13-12-19-9-5-6-11-23(19)28-21;1-9-5-7-3-2-4(6)8-5/h13-15,17,23,26H,6-12,16,18-21H2,1-5H3,(H,32,34,35);10-12,14,20,23H,3-9,13,15-18H2,1-2H3,(H,33,34)(H,28,30,31);12-13,20,22H,5-11,14-18,27H2,1-4H3;2-3H,1H3/t23-,26-;20-,23-;20-,22-;/m000./s1. The molecule has 0 fully saturated rings. The Morgan fingerprint density at radius 1 is 0.453 bits per heavy atom. The number of aliphatic carboxylic acids is 1. The van der Waals surface area contributed by atoms with Gasteiger partial charge >= 0.3 is 35.9 Å². The summed E-state index contributed by atoms with van der Waals surface area (Å²) in [6, 6.07) is 16.3. The van der Waals surface area contributed by atoms with E-state index in [1.165, 1.54) is 127 Å². The van der Waals surface area contributed by atoms with Crippen molar-refractivity contribution >= 4 is 41.1 Å². The first-order chi connectivity index (χ1) is 56.1. The molecule has 27 nitrogen and oxygen atoms in total. The first kappa shape index (κ1) is 97.7. The maximum atomic E-state index is 14.6. The number of carbonyl (C=O) groups is 3. The number of hydrogen-bond acceptors (Lipinski definition) is 26. The molecule has 0 spiro atoms. The number of nitrogens with one attached hydrogen (secondary N) is 2. The Labute approximate surface area is 696 Å². The summed E-state index contributed by atoms with van der Waals surface area (Å²) in [4.78, 5) is 81.6. The molecule has 117 heavy (non-hydrogen) atoms. The molecule has 0 saturated heterocycles. The van der Waals surface area contributed by atoms with E-state index >= 15 is 0 Å². The first-order valence-electron chi connectivity index (χ1n) is 41.4. The van der Waals surface area contributed by atoms with Gasteiger partial charge in [-0.1, -0.05) is 29.8 Å². The van der Waals surface area contributed by atoms with E-state index in [9.17, 15) is 32.7 Å². The van der Waals surface area contributed by atoms with Gasteiger partial charge in [-0.15, -0.1) is 0 Å². The van der Waals surface area contributed by atoms with Gasteiger partial charge in [-0.2, -0.15) is 15.0 Å². The molecular weight excluding hydrogens is 1530 g/mol. The summed E-state index contributed by atoms with van der Waals surface area (Å²) in [6.07, 6.45) is 24.7. The summed E-state index contributed by atoms with van der Waals surface area (Å²) in [6.45, 7) is 15.3. The molecule has 0 aromatic carbocycles. The zero-order valence-corrected chi connectivity index (χ0v) is 72.0. The van der Waals surface area contributed by atoms with Crippen LogP contribution in [0, 0.1) is 0 Å². The van der Waals surface area contributed by atoms with Crippen molar-refractivity contribution < 1.29 is 70.6 Å². The quantitative estimate of drug-likeness (QED) is 0.0157. The van der Waals surface area contributed by atoms with Crippen LogP contribution in [0.4, 0.5) is 24.8 Å². The molecule has 0 saturated carbocycles. The third-order valence-corrected chi connectivity index (χ3v) is 19.8. The predicted molar refractivity (Wildman–Crippen MR) is 448 cm³/mol. The second-order valence-corrected chi connectivity index (χ2v) is 32.2. The molecule has 31 heteroatoms. The lowest BCUT2D eigenvalue weighted by molar-refractivity contribution is -0.157. The summed E-state index contributed by atoms with van der Waals surface area (Å²) in [7, 11) is 8.90. The SMILES string of the molecule is COC[C@@H](F)CN(CCCCc1ccc2c(n1)CCCC2)CC[C@H](N)C(=O)OC(C)(C)C.COC[C@@H](F)CN(CCCCc1ccc2c(n1)CCCC2)CC[C@H](Nc1ccnc(OC)n1)C(=O)O.COC[C@@H](F)CN(CCCCc1ccc2c(n1)CCCC2)CC[C@H](Nc1ccnc(OC)n1)C(=O)OC(C)(C)C.COc1nccc(Cl)n1. The van der Waals surface area contributed by atoms with Gasteiger partial charge in [0, 0.05) is 113 Å². The van der Waals surface area contributed by atoms with Gasteiger partial charge in [-0.25, -0.2) is 37.7 Å². The second kappa shape index (κ2) is 53.4. The number of methoxy groups -OCH3 is 6. The molecule has 5 N–H and O–H groups in total. The van der Waals surface area contributed by atoms with Gasteiger partial charge in [0.1, 0.15) is 64.6 Å². The lowest BCUT2D eigenvalue weighted by Gasteiger charge is -2.28. The number of halogens is 4. The highest BCUT2D eigenvalue weighted by atomic mass is 35.5. The number of pyridine rings is 3. The Kier molecular flexibility index (Phi) is 44.6. The summed E-state index contributed by atoms with van der Waals surface area (Å²) in [5, 5.41) is 16.2. The lowest BCUT2D eigenvalue weighted by Crippen LogP contribution is -2.41. The minimum Gasteiger partial charge on any atom is -0.480 e. The van der Waals surface area contributed by atoms with Crippen molar-refractivity contribution in [3.8, 4) is 18.0 Å². The van der Waals surface area contributed by atoms with Crippen LogP contribution in [-0.4, -0.2) is 252 Å². The number of alkyl halides is 3. The smallest absolute Gasteiger partial charge is 0.329 e. The molecule has 650 valence electrons. The second-order valence-electron chi connectivity index (χ2n) is 31.8. The fraction of sp³-hybridized carbons (Fsp3) is 0.651. The Morgan fingerprint density at radius 3 is 1.15 bits per heavy atom. The van der Waals surface area contributed by atoms with Gasteiger partial charge in [-0.3, -0.25) is 19.7 Å². The Bertz CT molecular complexity index is 3850. The average molecular weight is 1660 g/mol. The molecule has 9 rings (SSSR count). The normalized spacial score (nSPS) is 14.7. The number of carbonyl (C=O) groups excluding carboxylic acids is 2. The van der Waals surface area contributed by atoms with Crippen LogP contribution in [0.25, 0.3) is 0 Å². The van der Waals surface area contributed by atoms with Crippen molar-refractivity contribution in [2.75, 3.05) is 132 Å². The highest BCUT2D eigenvalue weighted by Crippen LogP contribution is 2.25. The summed E-state index contributed by atoms with van der Waals surface area (Å²) in [5.41, 5.74) is 16.1. The number of aromatic nitrogens is 9. The van der Waals surface area contributed by atoms with Crippen molar-refractivity contribution in [1.29, 1.82) is 0 Å². The van der Waals surface area contributed by atoms with E-state index in [1.54, 1.807) is 24.4 Å². The molecule has 0 aliphatic heterocycles. The van der Waals surface area contributed by atoms with Crippen molar-refractivity contribution in [3.05, 3.63) is 129 Å². The molecule has 0 unspecified atom stereocenters. The van der Waals surface area contributed by atoms with E-state index in [0.29, 0.717) is 68.4 Å². The van der Waals surface area contributed by atoms with Crippen LogP contribution >= 0.6 is 11.6 Å². The van der Waals surface area contributed by atoms with Crippen LogP contribution in [0.1, 0.15) is 189 Å². The van der Waals surface area contributed by atoms with Crippen LogP contribution in [0.5, 0.6) is 18.0 Å². The number of nitrogens with two attached hydrogens (primary N) is 1. The zero-order valence-electron chi connectivity index (χ0n) is 71.2. The fourth-order valence-electron chi connectivity index (χ4n) is 13.8. The Morgan fingerprint density at radius 2 is 0.795 bits per heavy atom. The van der Waals surface area contributed by atoms with Gasteiger partial charge < -0.3 is 74.1 Å². The van der Waals surface area contributed by atoms with E-state index in [-0.39, 0.29) is 57.9 Å². The fourth-order valence-corrected chi connectivity index (χ4v) is 13.9. The zero-order chi connectivity index (χ0) is 85.0. The van der Waals surface area contributed by atoms with Crippen LogP contribution < -0.4 is 30.6 Å². The monoisotopic (exact) mass is 1660 g/mol. The highest BCUT2D eigenvalue weighted by Gasteiger charge is 2.29. The number of esters is 2. The number of anilines is 2. The van der Waals surface area contributed by atoms with E-state index in [0.717, 1.165) is 120 Å². The molecule has 3 aliphatic carbocycles. The predicted octanol–water partition coefficient (Wildman–Crippen LogP) is 12.7. The summed E-state index contributed by atoms with van der Waals surface area (Å²) >= 11 is 5.49. The van der Waals surface area contributed by atoms with Gasteiger partial charge in [0.05, 0.1) is 41.2 Å². The largest absolute Gasteiger partial charge is 0.480 e. The van der Waals surface area contributed by atoms with Gasteiger partial charge in [0.15, 0.2) is 0 Å². The Balaban J connectivity index is 0.000000259. The third-order valence-electron chi connectivity index (χ3n) is 19.6. The summed E-state index contributed by atoms with van der Waals surface area (Å²) in [5.74, 6) is -0.989. The summed E-state index contributed by atoms with van der Waals surface area (Å²) < 4.78 is 83.9. The Hall–Kier alpha value is -8.10. The van der Waals surface area contributed by atoms with Crippen molar-refractivity contribution in [2.45, 2.75) is 243 Å². The van der Waals surface area contributed by atoms with Crippen molar-refractivity contribution in [1.82, 2.24) is 59.6 Å². The minimum absolute atomic E-state index is 0.0108. The molecule has 0 amide bonds. The number of hydrogen-bond donors (Lipinski definition) is 4. The number of aryl methyl sites for hydroxylation is 9. The van der Waals surface area contributed by atoms with Crippen molar-refractivity contribution in [2.24, 2.45) is 5.73 Å². The minimum atomic E-state index is -1.14. The molecular formula is C86H131ClF3N15O12. The molecule has 6 heterocycles. The molecule has 6 atom stereocenters. The maximum Gasteiger partial charge on any atom is 0.329 e. The van der Waals surface area contributed by atoms with Gasteiger partial charge in [0.2, 0.25) is 0 Å². The molecule has 3 aliphatic rings. The first-order valence-corrected chi connectivity index (χ1v) is 41.8. The van der Waals surface area contributed by atoms with Crippen LogP contribution in [-0.2, 0) is 95.9 Å². The van der Waals surface area contributed by atoms with Gasteiger partial charge in [-0.05, 0) is 268 Å². The average Bonchev–Trinajstić information content (AvgIpc) is 0.690. The number of nitrogens with zero attached hydrogens (tertiary/aromatic N) is 12. The number of carboxylic acids is 1. The molecule has 0 bridgehead atoms. The third kappa shape index (κ3) is 39.6. The number of rotatable bonds is 46. The lowest BCUT2D eigenvalue weighted by atomic mass is 9.95. The molecule has 6 aromatic rings. The van der Waals surface area contributed by atoms with E-state index in [4.69, 9.17) is 65.4 Å². The highest BCUT2D eigenvalue weighted by molar-refractivity contribution is 6.29. The van der Waals surface area contributed by atoms with E-state index < -0.39 is 65.8 Å². The van der Waals surface area contributed by atoms with Gasteiger partial charge in [0.25, 0.3) is 0 Å². The van der Waals surface area contributed by atoms with Crippen LogP contribution in [0.2, 0.25) is 5.15 Å². The van der Waals surface area contributed by atoms with Crippen LogP contribution in [0.15, 0.2) is 73.2 Å². The molecule has 0 radical (unpaired) electrons. The molecule has 6 aromatic heterocycles. The van der Waals surface area contributed by atoms with Crippen LogP contribution in [0.3, 0.4) is 0 Å². The van der Waals surface area contributed by atoms with E-state index in [2.05, 4.69) is 86.6 Å². The topological polar surface area (TPSA) is 321 Å². The number of unbranched alkanes of at least 4 members (excludes halogenated alkanes) is 3. The van der Waals surface area contributed by atoms with E-state index in [1.807, 2.05) is 51.3 Å². The number of ether oxygens (including phenoxy) is 8. The maximum absolute atomic E-state index is 14.6. The number of fused-ring (bicyclic) bond motifs is 3. The number of carboxylic acid groups (broad SMARTS) is 1.